The quantitative estimate of drug-likeness (QED) is 0.920. The van der Waals surface area contributed by atoms with E-state index in [1.54, 1.807) is 0 Å². The van der Waals surface area contributed by atoms with Crippen LogP contribution >= 0.6 is 0 Å². The lowest BCUT2D eigenvalue weighted by atomic mass is 9.80. The van der Waals surface area contributed by atoms with Gasteiger partial charge in [0.1, 0.15) is 0 Å². The fraction of sp³-hybridized carbons (Fsp3) is 0.444. The van der Waals surface area contributed by atoms with Gasteiger partial charge in [-0.3, -0.25) is 0 Å². The van der Waals surface area contributed by atoms with Crippen LogP contribution in [0.15, 0.2) is 30.5 Å². The second kappa shape index (κ2) is 5.41. The molecule has 5 heteroatoms. The van der Waals surface area contributed by atoms with Gasteiger partial charge in [0.05, 0.1) is 11.4 Å². The minimum Gasteiger partial charge on any atom is -0.318 e. The zero-order valence-electron chi connectivity index (χ0n) is 13.6. The normalized spacial score (nSPS) is 22.6. The first-order chi connectivity index (χ1) is 11.1. The Hall–Kier alpha value is -2.30. The number of carbonyl (C=O) groups is 1. The van der Waals surface area contributed by atoms with E-state index in [9.17, 15) is 4.79 Å². The number of anilines is 1. The number of amides is 2. The van der Waals surface area contributed by atoms with Crippen LogP contribution in [0.3, 0.4) is 0 Å². The molecule has 0 saturated carbocycles. The molecule has 2 aliphatic heterocycles. The first kappa shape index (κ1) is 14.3. The van der Waals surface area contributed by atoms with Crippen molar-refractivity contribution in [1.29, 1.82) is 0 Å². The number of benzene rings is 1. The molecule has 2 aromatic rings. The molecular formula is C18H22N4O. The minimum atomic E-state index is 0.0393. The summed E-state index contributed by atoms with van der Waals surface area (Å²) in [6.45, 7) is 4.03. The molecule has 0 spiro atoms. The summed E-state index contributed by atoms with van der Waals surface area (Å²) in [4.78, 5) is 14.6. The number of aryl methyl sites for hydroxylation is 2. The van der Waals surface area contributed by atoms with E-state index >= 15 is 0 Å². The molecular weight excluding hydrogens is 288 g/mol. The van der Waals surface area contributed by atoms with E-state index in [1.165, 1.54) is 12.8 Å². The van der Waals surface area contributed by atoms with E-state index in [2.05, 4.69) is 17.3 Å². The van der Waals surface area contributed by atoms with Gasteiger partial charge >= 0.3 is 6.03 Å². The van der Waals surface area contributed by atoms with Crippen molar-refractivity contribution in [1.82, 2.24) is 14.7 Å². The molecule has 5 nitrogen and oxygen atoms in total. The van der Waals surface area contributed by atoms with Gasteiger partial charge in [-0.15, -0.1) is 0 Å². The predicted octanol–water partition coefficient (Wildman–Crippen LogP) is 3.65. The second-order valence-corrected chi connectivity index (χ2v) is 6.71. The number of urea groups is 1. The average Bonchev–Trinajstić information content (AvgIpc) is 2.96. The molecule has 2 fully saturated rings. The number of fused-ring (bicyclic) bond motifs is 2. The predicted molar refractivity (Wildman–Crippen MR) is 89.9 cm³/mol. The van der Waals surface area contributed by atoms with Gasteiger partial charge in [0.25, 0.3) is 0 Å². The van der Waals surface area contributed by atoms with E-state index in [1.807, 2.05) is 47.0 Å². The Morgan fingerprint density at radius 2 is 2.00 bits per heavy atom. The van der Waals surface area contributed by atoms with Gasteiger partial charge in [-0.05, 0) is 63.3 Å². The zero-order valence-corrected chi connectivity index (χ0v) is 13.6. The Morgan fingerprint density at radius 1 is 1.22 bits per heavy atom. The lowest BCUT2D eigenvalue weighted by Gasteiger charge is -2.52. The standard InChI is InChI=1S/C18H22N4O/c1-12-6-7-14(10-17(12)21-9-8-13(2)20-21)19-18(23)22-15-4-3-5-16(22)11-15/h6-10,15-16H,3-5,11H2,1-2H3,(H,19,23). The third kappa shape index (κ3) is 2.50. The highest BCUT2D eigenvalue weighted by Crippen LogP contribution is 2.38. The van der Waals surface area contributed by atoms with Crippen molar-refractivity contribution in [2.75, 3.05) is 5.32 Å². The summed E-state index contributed by atoms with van der Waals surface area (Å²) in [5.74, 6) is 0. The number of hydrogen-bond acceptors (Lipinski definition) is 2. The Kier molecular flexibility index (Phi) is 3.36. The van der Waals surface area contributed by atoms with Crippen LogP contribution in [0, 0.1) is 13.8 Å². The molecule has 1 N–H and O–H groups in total. The molecule has 2 saturated heterocycles. The number of carbonyl (C=O) groups excluding carboxylic acids is 1. The molecule has 4 rings (SSSR count). The van der Waals surface area contributed by atoms with E-state index in [-0.39, 0.29) is 6.03 Å². The molecule has 23 heavy (non-hydrogen) atoms. The Morgan fingerprint density at radius 3 is 2.65 bits per heavy atom. The number of aromatic nitrogens is 2. The molecule has 2 atom stereocenters. The first-order valence-electron chi connectivity index (χ1n) is 8.34. The smallest absolute Gasteiger partial charge is 0.318 e. The maximum atomic E-state index is 12.5. The number of nitrogens with zero attached hydrogens (tertiary/aromatic N) is 3. The Balaban J connectivity index is 1.54. The monoisotopic (exact) mass is 310 g/mol. The highest BCUT2D eigenvalue weighted by atomic mass is 16.2. The zero-order chi connectivity index (χ0) is 16.0. The molecule has 0 aliphatic carbocycles. The number of hydrogen-bond donors (Lipinski definition) is 1. The number of piperidine rings is 1. The van der Waals surface area contributed by atoms with Gasteiger partial charge in [-0.1, -0.05) is 6.07 Å². The first-order valence-corrected chi connectivity index (χ1v) is 8.34. The topological polar surface area (TPSA) is 50.2 Å². The van der Waals surface area contributed by atoms with Crippen LogP contribution in [0.1, 0.15) is 36.9 Å². The van der Waals surface area contributed by atoms with Crippen LogP contribution in [0.5, 0.6) is 0 Å². The summed E-state index contributed by atoms with van der Waals surface area (Å²) in [6, 6.07) is 8.90. The third-order valence-electron chi connectivity index (χ3n) is 5.07. The van der Waals surface area contributed by atoms with Crippen LogP contribution in [0.4, 0.5) is 10.5 Å². The van der Waals surface area contributed by atoms with Gasteiger partial charge in [-0.25, -0.2) is 9.48 Å². The van der Waals surface area contributed by atoms with E-state index in [4.69, 9.17) is 0 Å². The van der Waals surface area contributed by atoms with Crippen LogP contribution in [-0.2, 0) is 0 Å². The highest BCUT2D eigenvalue weighted by Gasteiger charge is 2.44. The third-order valence-corrected chi connectivity index (χ3v) is 5.07. The van der Waals surface area contributed by atoms with Crippen molar-refractivity contribution in [3.63, 3.8) is 0 Å². The lowest BCUT2D eigenvalue weighted by molar-refractivity contribution is 0.0173. The van der Waals surface area contributed by atoms with Gasteiger partial charge in [-0.2, -0.15) is 5.10 Å². The van der Waals surface area contributed by atoms with Crippen molar-refractivity contribution in [3.8, 4) is 5.69 Å². The summed E-state index contributed by atoms with van der Waals surface area (Å²) in [7, 11) is 0. The van der Waals surface area contributed by atoms with Gasteiger partial charge in [0.2, 0.25) is 0 Å². The largest absolute Gasteiger partial charge is 0.322 e. The van der Waals surface area contributed by atoms with Crippen molar-refractivity contribution < 1.29 is 4.79 Å². The molecule has 1 aromatic carbocycles. The average molecular weight is 310 g/mol. The summed E-state index contributed by atoms with van der Waals surface area (Å²) in [5, 5.41) is 7.53. The highest BCUT2D eigenvalue weighted by molar-refractivity contribution is 5.90. The van der Waals surface area contributed by atoms with Crippen LogP contribution < -0.4 is 5.32 Å². The van der Waals surface area contributed by atoms with Gasteiger partial charge in [0.15, 0.2) is 0 Å². The number of nitrogens with one attached hydrogen (secondary N) is 1. The molecule has 2 bridgehead atoms. The summed E-state index contributed by atoms with van der Waals surface area (Å²) in [6.07, 6.45) is 6.68. The van der Waals surface area contributed by atoms with Crippen molar-refractivity contribution in [2.24, 2.45) is 0 Å². The fourth-order valence-corrected chi connectivity index (χ4v) is 3.81. The lowest BCUT2D eigenvalue weighted by Crippen LogP contribution is -2.62. The maximum absolute atomic E-state index is 12.5. The molecule has 0 radical (unpaired) electrons. The Labute approximate surface area is 136 Å². The molecule has 120 valence electrons. The Bertz CT molecular complexity index is 737. The SMILES string of the molecule is Cc1ccn(-c2cc(NC(=O)N3C4CCCC3C4)ccc2C)n1. The van der Waals surface area contributed by atoms with Crippen LogP contribution in [-0.4, -0.2) is 32.8 Å². The molecule has 2 amide bonds. The summed E-state index contributed by atoms with van der Waals surface area (Å²) >= 11 is 0. The molecule has 3 heterocycles. The van der Waals surface area contributed by atoms with Crippen molar-refractivity contribution in [2.45, 2.75) is 51.6 Å². The summed E-state index contributed by atoms with van der Waals surface area (Å²) in [5.41, 5.74) is 3.94. The van der Waals surface area contributed by atoms with E-state index in [0.717, 1.165) is 35.5 Å². The van der Waals surface area contributed by atoms with Crippen molar-refractivity contribution in [3.05, 3.63) is 41.7 Å². The molecule has 2 aliphatic rings. The minimum absolute atomic E-state index is 0.0393. The second-order valence-electron chi connectivity index (χ2n) is 6.71. The summed E-state index contributed by atoms with van der Waals surface area (Å²) < 4.78 is 1.86. The van der Waals surface area contributed by atoms with Gasteiger partial charge in [0, 0.05) is 24.0 Å². The maximum Gasteiger partial charge on any atom is 0.322 e. The fourth-order valence-electron chi connectivity index (χ4n) is 3.81. The molecule has 1 aromatic heterocycles. The van der Waals surface area contributed by atoms with E-state index < -0.39 is 0 Å². The van der Waals surface area contributed by atoms with Crippen LogP contribution in [0.25, 0.3) is 5.69 Å². The van der Waals surface area contributed by atoms with Gasteiger partial charge < -0.3 is 10.2 Å². The van der Waals surface area contributed by atoms with E-state index in [0.29, 0.717) is 12.1 Å². The molecule has 2 unspecified atom stereocenters. The van der Waals surface area contributed by atoms with Crippen LogP contribution in [0.2, 0.25) is 0 Å². The van der Waals surface area contributed by atoms with Crippen molar-refractivity contribution >= 4 is 11.7 Å². The number of rotatable bonds is 2.